The molecular weight excluding hydrogens is 899 g/mol. The van der Waals surface area contributed by atoms with Gasteiger partial charge in [0.15, 0.2) is 0 Å². The highest BCUT2D eigenvalue weighted by Crippen LogP contribution is 2.71. The van der Waals surface area contributed by atoms with Gasteiger partial charge in [0, 0.05) is 51.0 Å². The standard InChI is InChI=1S/C22H29BrClNO4.C22H25BrClNO3/c1-13(2)15(9-26)20(3,14-5-6-16(23)17(24)7-14)8-18(27)25-22-10-21(11-22,12-22)19(28)29-4;1-13(2)15-9-25(22-10-21(11-22,12-22)19(27)28-4)18(26)8-20(15,3)14-5-6-16(23)17(24)7-14/h5-7,13,15,26H,8-12H2,1-4H3,(H,25,27);5-7,9,13H,8,10-12H2,1-4H3/t15?,20-,21?,22?;20-,21?,22?/m00/s1. The Morgan fingerprint density at radius 3 is 1.89 bits per heavy atom. The highest BCUT2D eigenvalue weighted by molar-refractivity contribution is 9.10. The van der Waals surface area contributed by atoms with E-state index < -0.39 is 16.2 Å². The fourth-order valence-electron chi connectivity index (χ4n) is 11.0. The summed E-state index contributed by atoms with van der Waals surface area (Å²) < 4.78 is 11.5. The third-order valence-electron chi connectivity index (χ3n) is 14.0. The lowest BCUT2D eigenvalue weighted by atomic mass is 9.38. The normalized spacial score (nSPS) is 30.9. The number of hydrogen-bond acceptors (Lipinski definition) is 7. The van der Waals surface area contributed by atoms with E-state index in [1.807, 2.05) is 48.2 Å². The number of amides is 2. The summed E-state index contributed by atoms with van der Waals surface area (Å²) in [4.78, 5) is 52.1. The summed E-state index contributed by atoms with van der Waals surface area (Å²) in [5.41, 5.74) is 0.991. The van der Waals surface area contributed by atoms with E-state index in [1.54, 1.807) is 0 Å². The summed E-state index contributed by atoms with van der Waals surface area (Å²) in [5.74, 6) is 0.0832. The molecular formula is C44H54Br2Cl2N2O7. The van der Waals surface area contributed by atoms with Crippen LogP contribution >= 0.6 is 55.1 Å². The van der Waals surface area contributed by atoms with E-state index in [4.69, 9.17) is 32.7 Å². The van der Waals surface area contributed by atoms with Crippen molar-refractivity contribution in [3.63, 3.8) is 0 Å². The molecule has 2 aromatic carbocycles. The van der Waals surface area contributed by atoms with Crippen LogP contribution in [0.1, 0.15) is 104 Å². The Morgan fingerprint density at radius 2 is 1.42 bits per heavy atom. The van der Waals surface area contributed by atoms with Crippen LogP contribution in [0.25, 0.3) is 0 Å². The predicted molar refractivity (Wildman–Crippen MR) is 228 cm³/mol. The molecule has 6 saturated carbocycles. The molecule has 1 unspecified atom stereocenters. The monoisotopic (exact) mass is 950 g/mol. The van der Waals surface area contributed by atoms with Gasteiger partial charge in [-0.1, -0.05) is 76.9 Å². The van der Waals surface area contributed by atoms with Crippen LogP contribution in [-0.4, -0.2) is 65.7 Å². The van der Waals surface area contributed by atoms with Crippen LogP contribution in [0, 0.1) is 28.6 Å². The van der Waals surface area contributed by atoms with Gasteiger partial charge in [-0.3, -0.25) is 19.2 Å². The molecule has 13 heteroatoms. The molecule has 3 atom stereocenters. The number of carbonyl (C=O) groups is 4. The highest BCUT2D eigenvalue weighted by Gasteiger charge is 2.76. The van der Waals surface area contributed by atoms with E-state index in [-0.39, 0.29) is 71.0 Å². The van der Waals surface area contributed by atoms with Gasteiger partial charge in [-0.2, -0.15) is 0 Å². The molecule has 0 saturated heterocycles. The summed E-state index contributed by atoms with van der Waals surface area (Å²) in [6.45, 7) is 12.6. The Balaban J connectivity index is 0.000000193. The van der Waals surface area contributed by atoms with Gasteiger partial charge in [-0.05, 0) is 129 Å². The topological polar surface area (TPSA) is 122 Å². The van der Waals surface area contributed by atoms with Gasteiger partial charge in [-0.25, -0.2) is 0 Å². The van der Waals surface area contributed by atoms with Crippen molar-refractivity contribution < 1.29 is 33.8 Å². The quantitative estimate of drug-likeness (QED) is 0.204. The first-order valence-electron chi connectivity index (χ1n) is 19.6. The number of esters is 2. The molecule has 2 amide bonds. The molecule has 6 fully saturated rings. The molecule has 0 aromatic heterocycles. The number of rotatable bonds is 12. The summed E-state index contributed by atoms with van der Waals surface area (Å²) in [6.07, 6.45) is 6.77. The highest BCUT2D eigenvalue weighted by atomic mass is 79.9. The number of halogens is 4. The molecule has 7 aliphatic rings. The largest absolute Gasteiger partial charge is 0.469 e. The van der Waals surface area contributed by atoms with Crippen LogP contribution in [0.5, 0.6) is 0 Å². The number of aliphatic hydroxyl groups is 1. The number of ether oxygens (including phenoxy) is 2. The molecule has 4 bridgehead atoms. The Morgan fingerprint density at radius 1 is 0.895 bits per heavy atom. The molecule has 0 radical (unpaired) electrons. The molecule has 2 N–H and O–H groups in total. The van der Waals surface area contributed by atoms with E-state index in [0.717, 1.165) is 20.1 Å². The van der Waals surface area contributed by atoms with E-state index in [0.29, 0.717) is 55.0 Å². The third kappa shape index (κ3) is 7.42. The van der Waals surface area contributed by atoms with Gasteiger partial charge >= 0.3 is 11.9 Å². The lowest BCUT2D eigenvalue weighted by molar-refractivity contribution is -0.226. The van der Waals surface area contributed by atoms with Crippen LogP contribution < -0.4 is 5.32 Å². The van der Waals surface area contributed by atoms with Crippen LogP contribution in [0.3, 0.4) is 0 Å². The maximum Gasteiger partial charge on any atom is 0.312 e. The second kappa shape index (κ2) is 15.5. The summed E-state index contributed by atoms with van der Waals surface area (Å²) in [6, 6.07) is 11.7. The van der Waals surface area contributed by atoms with Crippen molar-refractivity contribution in [1.29, 1.82) is 0 Å². The van der Waals surface area contributed by atoms with Crippen LogP contribution in [0.4, 0.5) is 0 Å². The number of aliphatic hydroxyl groups excluding tert-OH is 1. The maximum absolute atomic E-state index is 13.2. The maximum atomic E-state index is 13.2. The third-order valence-corrected chi connectivity index (χ3v) is 16.4. The molecule has 9 rings (SSSR count). The minimum atomic E-state index is -0.582. The second-order valence-electron chi connectivity index (χ2n) is 18.6. The summed E-state index contributed by atoms with van der Waals surface area (Å²) in [7, 11) is 2.84. The molecule has 0 spiro atoms. The molecule has 1 heterocycles. The average Bonchev–Trinajstić information content (AvgIpc) is 3.07. The fraction of sp³-hybridized carbons (Fsp3) is 0.591. The van der Waals surface area contributed by atoms with E-state index in [9.17, 15) is 24.3 Å². The molecule has 9 nitrogen and oxygen atoms in total. The zero-order valence-corrected chi connectivity index (χ0v) is 38.7. The number of benzene rings is 2. The Kier molecular flexibility index (Phi) is 12.0. The van der Waals surface area contributed by atoms with Gasteiger partial charge in [0.1, 0.15) is 0 Å². The zero-order chi connectivity index (χ0) is 42.1. The van der Waals surface area contributed by atoms with Crippen molar-refractivity contribution in [2.24, 2.45) is 28.6 Å². The van der Waals surface area contributed by atoms with Crippen molar-refractivity contribution in [1.82, 2.24) is 10.2 Å². The number of hydrogen-bond donors (Lipinski definition) is 2. The van der Waals surface area contributed by atoms with Crippen molar-refractivity contribution in [3.05, 3.63) is 78.3 Å². The number of methoxy groups -OCH3 is 2. The van der Waals surface area contributed by atoms with Crippen molar-refractivity contribution in [3.8, 4) is 0 Å². The molecule has 2 aromatic rings. The fourth-order valence-corrected chi connectivity index (χ4v) is 11.9. The number of nitrogens with one attached hydrogen (secondary N) is 1. The van der Waals surface area contributed by atoms with Crippen molar-refractivity contribution in [2.75, 3.05) is 20.8 Å². The lowest BCUT2D eigenvalue weighted by Gasteiger charge is -2.71. The molecule has 57 heavy (non-hydrogen) atoms. The number of carbonyl (C=O) groups excluding carboxylic acids is 4. The van der Waals surface area contributed by atoms with Gasteiger partial charge in [-0.15, -0.1) is 0 Å². The first-order chi connectivity index (χ1) is 26.6. The minimum absolute atomic E-state index is 0.0221. The van der Waals surface area contributed by atoms with E-state index in [1.165, 1.54) is 19.8 Å². The lowest BCUT2D eigenvalue weighted by Crippen LogP contribution is -2.77. The van der Waals surface area contributed by atoms with Gasteiger partial charge in [0.25, 0.3) is 0 Å². The van der Waals surface area contributed by atoms with E-state index in [2.05, 4.69) is 78.0 Å². The average molecular weight is 954 g/mol. The first-order valence-corrected chi connectivity index (χ1v) is 22.0. The van der Waals surface area contributed by atoms with Crippen molar-refractivity contribution in [2.45, 2.75) is 115 Å². The van der Waals surface area contributed by atoms with Gasteiger partial charge in [0.05, 0.1) is 40.6 Å². The van der Waals surface area contributed by atoms with Crippen molar-refractivity contribution >= 4 is 78.8 Å². The zero-order valence-electron chi connectivity index (χ0n) is 34.0. The minimum Gasteiger partial charge on any atom is -0.469 e. The predicted octanol–water partition coefficient (Wildman–Crippen LogP) is 9.45. The Labute approximate surface area is 363 Å². The van der Waals surface area contributed by atoms with Crippen LogP contribution in [-0.2, 0) is 39.5 Å². The van der Waals surface area contributed by atoms with Gasteiger partial charge in [0.2, 0.25) is 11.8 Å². The molecule has 6 aliphatic carbocycles. The Bertz CT molecular complexity index is 1980. The number of allylic oxidation sites excluding steroid dienone is 1. The number of nitrogens with zero attached hydrogens (tertiary/aromatic N) is 1. The smallest absolute Gasteiger partial charge is 0.312 e. The Hall–Kier alpha value is -2.44. The van der Waals surface area contributed by atoms with E-state index >= 15 is 0 Å². The first kappa shape index (κ1) is 44.1. The SMILES string of the molecule is COC(=O)C12CC(N3C=C(C(C)C)[C@](C)(c4ccc(Br)c(Cl)c4)CC3=O)(C1)C2.COC(=O)C12CC(NC(=O)C[C@@](C)(c3ccc(Br)c(Cl)c3)C(CO)C(C)C)(C1)C2. The second-order valence-corrected chi connectivity index (χ2v) is 21.1. The summed E-state index contributed by atoms with van der Waals surface area (Å²) in [5, 5.41) is 14.5. The molecule has 1 aliphatic heterocycles. The van der Waals surface area contributed by atoms with Crippen LogP contribution in [0.15, 0.2) is 57.1 Å². The summed E-state index contributed by atoms with van der Waals surface area (Å²) >= 11 is 19.5. The van der Waals surface area contributed by atoms with Gasteiger partial charge < -0.3 is 24.8 Å². The van der Waals surface area contributed by atoms with Crippen LogP contribution in [0.2, 0.25) is 10.0 Å². The molecule has 310 valence electrons.